The largest absolute Gasteiger partial charge is 0.465 e. The van der Waals surface area contributed by atoms with Gasteiger partial charge in [-0.2, -0.15) is 0 Å². The van der Waals surface area contributed by atoms with Crippen molar-refractivity contribution in [2.75, 3.05) is 19.7 Å². The van der Waals surface area contributed by atoms with Crippen LogP contribution in [-0.2, 0) is 14.9 Å². The summed E-state index contributed by atoms with van der Waals surface area (Å²) in [6.45, 7) is 3.93. The zero-order chi connectivity index (χ0) is 21.7. The van der Waals surface area contributed by atoms with Crippen LogP contribution < -0.4 is 10.6 Å². The van der Waals surface area contributed by atoms with Crippen molar-refractivity contribution in [2.24, 2.45) is 16.7 Å². The Bertz CT molecular complexity index is 868. The molecule has 6 nitrogen and oxygen atoms in total. The number of nitrogens with one attached hydrogen (secondary N) is 2. The summed E-state index contributed by atoms with van der Waals surface area (Å²) in [5, 5.41) is 15.3. The number of benzene rings is 1. The smallest absolute Gasteiger partial charge is 0.405 e. The molecule has 4 saturated carbocycles. The van der Waals surface area contributed by atoms with Gasteiger partial charge in [-0.1, -0.05) is 37.3 Å². The number of hydrogen-bond acceptors (Lipinski definition) is 4. The molecule has 6 rings (SSSR count). The van der Waals surface area contributed by atoms with Crippen molar-refractivity contribution in [3.8, 4) is 0 Å². The van der Waals surface area contributed by atoms with E-state index in [0.717, 1.165) is 45.2 Å². The molecule has 1 amide bonds. The Morgan fingerprint density at radius 3 is 2.52 bits per heavy atom. The number of rotatable bonds is 5. The third-order valence-corrected chi connectivity index (χ3v) is 8.58. The van der Waals surface area contributed by atoms with Crippen LogP contribution in [0, 0.1) is 16.7 Å². The first-order valence-electron chi connectivity index (χ1n) is 11.7. The SMILES string of the molecule is CC12CC3CC(C(=O)OCC4(NC(=O)O)CCNCC4)(C1)CC(c1ccccc1)(C3)C2. The molecule has 0 aromatic heterocycles. The lowest BCUT2D eigenvalue weighted by Gasteiger charge is -2.65. The summed E-state index contributed by atoms with van der Waals surface area (Å²) in [5.41, 5.74) is 0.461. The van der Waals surface area contributed by atoms with Gasteiger partial charge in [0.15, 0.2) is 0 Å². The maximum Gasteiger partial charge on any atom is 0.405 e. The number of amides is 1. The van der Waals surface area contributed by atoms with E-state index < -0.39 is 17.0 Å². The van der Waals surface area contributed by atoms with E-state index >= 15 is 0 Å². The Kier molecular flexibility index (Phi) is 4.85. The minimum absolute atomic E-state index is 0.0558. The van der Waals surface area contributed by atoms with Crippen LogP contribution in [0.5, 0.6) is 0 Å². The molecule has 5 fully saturated rings. The third kappa shape index (κ3) is 3.63. The Balaban J connectivity index is 1.39. The van der Waals surface area contributed by atoms with Crippen molar-refractivity contribution in [1.29, 1.82) is 0 Å². The summed E-state index contributed by atoms with van der Waals surface area (Å²) in [4.78, 5) is 25.1. The fourth-order valence-electron chi connectivity index (χ4n) is 8.06. The second-order valence-corrected chi connectivity index (χ2v) is 11.3. The molecule has 1 saturated heterocycles. The number of carbonyl (C=O) groups excluding carboxylic acids is 1. The summed E-state index contributed by atoms with van der Waals surface area (Å²) in [5.74, 6) is 0.451. The lowest BCUT2D eigenvalue weighted by atomic mass is 9.39. The first kappa shape index (κ1) is 20.8. The highest BCUT2D eigenvalue weighted by molar-refractivity contribution is 5.78. The highest BCUT2D eigenvalue weighted by Crippen LogP contribution is 2.70. The average Bonchev–Trinajstić information content (AvgIpc) is 2.71. The van der Waals surface area contributed by atoms with Crippen LogP contribution in [0.25, 0.3) is 0 Å². The average molecular weight is 427 g/mol. The number of carbonyl (C=O) groups is 2. The normalized spacial score (nSPS) is 37.9. The first-order valence-corrected chi connectivity index (χ1v) is 11.7. The molecule has 0 spiro atoms. The molecule has 4 bridgehead atoms. The number of ether oxygens (including phenoxy) is 1. The van der Waals surface area contributed by atoms with Crippen molar-refractivity contribution < 1.29 is 19.4 Å². The fourth-order valence-corrected chi connectivity index (χ4v) is 8.06. The predicted molar refractivity (Wildman–Crippen MR) is 117 cm³/mol. The molecule has 1 aromatic rings. The summed E-state index contributed by atoms with van der Waals surface area (Å²) in [6.07, 6.45) is 6.39. The summed E-state index contributed by atoms with van der Waals surface area (Å²) in [6, 6.07) is 10.7. The molecule has 4 atom stereocenters. The Morgan fingerprint density at radius 2 is 1.84 bits per heavy atom. The lowest BCUT2D eigenvalue weighted by molar-refractivity contribution is -0.185. The fraction of sp³-hybridized carbons (Fsp3) is 0.680. The van der Waals surface area contributed by atoms with Gasteiger partial charge in [0.2, 0.25) is 0 Å². The van der Waals surface area contributed by atoms with Gasteiger partial charge in [0, 0.05) is 0 Å². The summed E-state index contributed by atoms with van der Waals surface area (Å²) < 4.78 is 6.00. The molecule has 168 valence electrons. The number of piperidine rings is 1. The standard InChI is InChI=1S/C25H34N2O4/c1-22-11-18-12-23(14-22,19-5-3-2-4-6-19)16-24(13-18,15-22)20(28)31-17-25(27-21(29)30)7-9-26-10-8-25/h2-6,18,26-27H,7-17H2,1H3,(H,29,30). The Hall–Kier alpha value is -2.08. The Labute approximate surface area is 184 Å². The van der Waals surface area contributed by atoms with Crippen LogP contribution in [0.1, 0.15) is 63.9 Å². The molecule has 1 aliphatic heterocycles. The highest BCUT2D eigenvalue weighted by atomic mass is 16.5. The molecule has 5 aliphatic rings. The van der Waals surface area contributed by atoms with Gasteiger partial charge in [-0.15, -0.1) is 0 Å². The molecular weight excluding hydrogens is 392 g/mol. The maximum atomic E-state index is 13.7. The van der Waals surface area contributed by atoms with E-state index in [4.69, 9.17) is 4.74 Å². The van der Waals surface area contributed by atoms with Gasteiger partial charge in [0.05, 0.1) is 11.0 Å². The van der Waals surface area contributed by atoms with E-state index in [0.29, 0.717) is 18.8 Å². The molecular formula is C25H34N2O4. The maximum absolute atomic E-state index is 13.7. The van der Waals surface area contributed by atoms with E-state index in [9.17, 15) is 14.7 Å². The van der Waals surface area contributed by atoms with E-state index in [-0.39, 0.29) is 23.4 Å². The summed E-state index contributed by atoms with van der Waals surface area (Å²) >= 11 is 0. The lowest BCUT2D eigenvalue weighted by Crippen LogP contribution is -2.61. The van der Waals surface area contributed by atoms with E-state index in [1.165, 1.54) is 12.0 Å². The monoisotopic (exact) mass is 426 g/mol. The number of esters is 1. The van der Waals surface area contributed by atoms with Crippen molar-refractivity contribution >= 4 is 12.1 Å². The second-order valence-electron chi connectivity index (χ2n) is 11.3. The van der Waals surface area contributed by atoms with E-state index in [2.05, 4.69) is 47.9 Å². The van der Waals surface area contributed by atoms with Gasteiger partial charge >= 0.3 is 12.1 Å². The zero-order valence-electron chi connectivity index (χ0n) is 18.4. The van der Waals surface area contributed by atoms with Crippen LogP contribution in [0.4, 0.5) is 4.79 Å². The minimum atomic E-state index is -1.05. The Morgan fingerprint density at radius 1 is 1.10 bits per heavy atom. The molecule has 1 heterocycles. The van der Waals surface area contributed by atoms with Gasteiger partial charge in [0.25, 0.3) is 0 Å². The molecule has 4 unspecified atom stereocenters. The van der Waals surface area contributed by atoms with Crippen molar-refractivity contribution in [3.63, 3.8) is 0 Å². The third-order valence-electron chi connectivity index (χ3n) is 8.58. The topological polar surface area (TPSA) is 87.7 Å². The van der Waals surface area contributed by atoms with Crippen LogP contribution in [0.3, 0.4) is 0 Å². The van der Waals surface area contributed by atoms with E-state index in [1.54, 1.807) is 0 Å². The van der Waals surface area contributed by atoms with E-state index in [1.807, 2.05) is 0 Å². The zero-order valence-corrected chi connectivity index (χ0v) is 18.4. The second kappa shape index (κ2) is 7.22. The van der Waals surface area contributed by atoms with Crippen molar-refractivity contribution in [3.05, 3.63) is 35.9 Å². The summed E-state index contributed by atoms with van der Waals surface area (Å²) in [7, 11) is 0. The van der Waals surface area contributed by atoms with Crippen LogP contribution in [-0.4, -0.2) is 42.4 Å². The first-order chi connectivity index (χ1) is 14.8. The molecule has 3 N–H and O–H groups in total. The van der Waals surface area contributed by atoms with Gasteiger partial charge < -0.3 is 20.5 Å². The molecule has 1 aromatic carbocycles. The number of carboxylic acid groups (broad SMARTS) is 1. The molecule has 6 heteroatoms. The van der Waals surface area contributed by atoms with Crippen molar-refractivity contribution in [1.82, 2.24) is 10.6 Å². The number of hydrogen-bond donors (Lipinski definition) is 3. The quantitative estimate of drug-likeness (QED) is 0.623. The van der Waals surface area contributed by atoms with Crippen LogP contribution in [0.15, 0.2) is 30.3 Å². The minimum Gasteiger partial charge on any atom is -0.465 e. The van der Waals surface area contributed by atoms with Gasteiger partial charge in [-0.3, -0.25) is 4.79 Å². The van der Waals surface area contributed by atoms with Gasteiger partial charge in [0.1, 0.15) is 6.61 Å². The molecule has 4 aliphatic carbocycles. The van der Waals surface area contributed by atoms with Crippen LogP contribution in [0.2, 0.25) is 0 Å². The van der Waals surface area contributed by atoms with Crippen LogP contribution >= 0.6 is 0 Å². The highest BCUT2D eigenvalue weighted by Gasteiger charge is 2.65. The van der Waals surface area contributed by atoms with Crippen molar-refractivity contribution in [2.45, 2.75) is 69.2 Å². The predicted octanol–water partition coefficient (Wildman–Crippen LogP) is 3.85. The molecule has 31 heavy (non-hydrogen) atoms. The molecule has 0 radical (unpaired) electrons. The van der Waals surface area contributed by atoms with Gasteiger partial charge in [-0.25, -0.2) is 4.79 Å². The van der Waals surface area contributed by atoms with Gasteiger partial charge in [-0.05, 0) is 86.8 Å².